The van der Waals surface area contributed by atoms with Crippen molar-refractivity contribution in [2.75, 3.05) is 25.5 Å². The number of nitrogens with zero attached hydrogens (tertiary/aromatic N) is 2. The highest BCUT2D eigenvalue weighted by Crippen LogP contribution is 2.18. The van der Waals surface area contributed by atoms with Gasteiger partial charge in [0.05, 0.1) is 13.2 Å². The van der Waals surface area contributed by atoms with Crippen LogP contribution in [-0.2, 0) is 11.3 Å². The zero-order valence-corrected chi connectivity index (χ0v) is 9.09. The van der Waals surface area contributed by atoms with Crippen LogP contribution in [0.15, 0.2) is 6.20 Å². The molecule has 0 aromatic carbocycles. The summed E-state index contributed by atoms with van der Waals surface area (Å²) < 4.78 is 5.38. The lowest BCUT2D eigenvalue weighted by Crippen LogP contribution is -2.42. The molecule has 0 aliphatic carbocycles. The van der Waals surface area contributed by atoms with E-state index in [1.54, 1.807) is 11.3 Å². The molecule has 2 heterocycles. The van der Waals surface area contributed by atoms with Gasteiger partial charge in [0.1, 0.15) is 0 Å². The number of aromatic nitrogens is 1. The summed E-state index contributed by atoms with van der Waals surface area (Å²) in [6.45, 7) is 5.79. The van der Waals surface area contributed by atoms with Crippen molar-refractivity contribution in [3.8, 4) is 0 Å². The molecule has 2 rings (SSSR count). The summed E-state index contributed by atoms with van der Waals surface area (Å²) in [7, 11) is 0. The predicted molar refractivity (Wildman–Crippen MR) is 57.2 cm³/mol. The Kier molecular flexibility index (Phi) is 3.00. The van der Waals surface area contributed by atoms with Gasteiger partial charge < -0.3 is 10.5 Å². The van der Waals surface area contributed by atoms with Crippen LogP contribution in [0.25, 0.3) is 0 Å². The summed E-state index contributed by atoms with van der Waals surface area (Å²) in [6, 6.07) is 0.493. The van der Waals surface area contributed by atoms with Crippen molar-refractivity contribution in [3.63, 3.8) is 0 Å². The van der Waals surface area contributed by atoms with Gasteiger partial charge in [-0.05, 0) is 6.92 Å². The normalized spacial score (nSPS) is 23.9. The second kappa shape index (κ2) is 4.25. The van der Waals surface area contributed by atoms with Crippen LogP contribution in [-0.4, -0.2) is 35.7 Å². The second-order valence-corrected chi connectivity index (χ2v) is 4.71. The van der Waals surface area contributed by atoms with Crippen molar-refractivity contribution < 1.29 is 4.74 Å². The van der Waals surface area contributed by atoms with Gasteiger partial charge in [-0.1, -0.05) is 0 Å². The molecule has 2 N–H and O–H groups in total. The third-order valence-corrected chi connectivity index (χ3v) is 3.25. The summed E-state index contributed by atoms with van der Waals surface area (Å²) in [4.78, 5) is 7.68. The van der Waals surface area contributed by atoms with E-state index in [2.05, 4.69) is 16.8 Å². The smallest absolute Gasteiger partial charge is 0.180 e. The third kappa shape index (κ3) is 2.23. The molecule has 0 radical (unpaired) electrons. The highest BCUT2D eigenvalue weighted by Gasteiger charge is 2.19. The second-order valence-electron chi connectivity index (χ2n) is 3.56. The largest absolute Gasteiger partial charge is 0.379 e. The predicted octanol–water partition coefficient (Wildman–Crippen LogP) is 0.946. The minimum Gasteiger partial charge on any atom is -0.379 e. The molecule has 1 aromatic heterocycles. The van der Waals surface area contributed by atoms with E-state index in [0.717, 1.165) is 26.3 Å². The average molecular weight is 213 g/mol. The van der Waals surface area contributed by atoms with Crippen molar-refractivity contribution in [3.05, 3.63) is 11.1 Å². The molecule has 0 bridgehead atoms. The van der Waals surface area contributed by atoms with E-state index in [9.17, 15) is 0 Å². The van der Waals surface area contributed by atoms with Crippen LogP contribution < -0.4 is 5.73 Å². The van der Waals surface area contributed by atoms with Gasteiger partial charge in [-0.25, -0.2) is 4.98 Å². The lowest BCUT2D eigenvalue weighted by molar-refractivity contribution is -0.00393. The van der Waals surface area contributed by atoms with Gasteiger partial charge in [-0.15, -0.1) is 11.3 Å². The van der Waals surface area contributed by atoms with Crippen molar-refractivity contribution in [2.24, 2.45) is 0 Å². The topological polar surface area (TPSA) is 51.4 Å². The molecule has 0 saturated carbocycles. The Bertz CT molecular complexity index is 302. The molecule has 0 amide bonds. The number of hydrogen-bond acceptors (Lipinski definition) is 5. The number of rotatable bonds is 2. The van der Waals surface area contributed by atoms with E-state index in [1.165, 1.54) is 4.88 Å². The summed E-state index contributed by atoms with van der Waals surface area (Å²) in [5.41, 5.74) is 5.58. The maximum Gasteiger partial charge on any atom is 0.180 e. The average Bonchev–Trinajstić information content (AvgIpc) is 2.56. The zero-order chi connectivity index (χ0) is 9.97. The molecule has 1 unspecified atom stereocenters. The standard InChI is InChI=1S/C9H15N3OS/c1-7-6-13-3-2-12(7)5-8-4-11-9(10)14-8/h4,7H,2-3,5-6H2,1H3,(H2,10,11). The van der Waals surface area contributed by atoms with E-state index in [4.69, 9.17) is 10.5 Å². The van der Waals surface area contributed by atoms with Crippen LogP contribution in [0.1, 0.15) is 11.8 Å². The maximum atomic E-state index is 5.58. The van der Waals surface area contributed by atoms with Crippen LogP contribution in [0.2, 0.25) is 0 Å². The molecule has 4 nitrogen and oxygen atoms in total. The number of nitrogens with two attached hydrogens (primary N) is 1. The van der Waals surface area contributed by atoms with E-state index in [1.807, 2.05) is 6.20 Å². The van der Waals surface area contributed by atoms with E-state index in [0.29, 0.717) is 11.2 Å². The van der Waals surface area contributed by atoms with Gasteiger partial charge in [0.2, 0.25) is 0 Å². The molecule has 78 valence electrons. The van der Waals surface area contributed by atoms with Gasteiger partial charge in [0.15, 0.2) is 5.13 Å². The summed E-state index contributed by atoms with van der Waals surface area (Å²) in [5.74, 6) is 0. The maximum absolute atomic E-state index is 5.58. The number of morpholine rings is 1. The Hall–Kier alpha value is -0.650. The van der Waals surface area contributed by atoms with Crippen LogP contribution in [0.4, 0.5) is 5.13 Å². The quantitative estimate of drug-likeness (QED) is 0.794. The van der Waals surface area contributed by atoms with Crippen LogP contribution >= 0.6 is 11.3 Å². The van der Waals surface area contributed by atoms with Gasteiger partial charge in [0, 0.05) is 30.2 Å². The van der Waals surface area contributed by atoms with E-state index in [-0.39, 0.29) is 0 Å². The number of thiazole rings is 1. The first-order valence-corrected chi connectivity index (χ1v) is 5.59. The molecule has 1 saturated heterocycles. The van der Waals surface area contributed by atoms with Crippen LogP contribution in [0, 0.1) is 0 Å². The first-order chi connectivity index (χ1) is 6.75. The fourth-order valence-electron chi connectivity index (χ4n) is 1.59. The summed E-state index contributed by atoms with van der Waals surface area (Å²) in [6.07, 6.45) is 1.86. The van der Waals surface area contributed by atoms with Crippen LogP contribution in [0.5, 0.6) is 0 Å². The monoisotopic (exact) mass is 213 g/mol. The summed E-state index contributed by atoms with van der Waals surface area (Å²) >= 11 is 1.57. The van der Waals surface area contributed by atoms with E-state index < -0.39 is 0 Å². The Labute approximate surface area is 87.7 Å². The number of nitrogen functional groups attached to an aromatic ring is 1. The lowest BCUT2D eigenvalue weighted by Gasteiger charge is -2.32. The van der Waals surface area contributed by atoms with Gasteiger partial charge in [0.25, 0.3) is 0 Å². The highest BCUT2D eigenvalue weighted by molar-refractivity contribution is 7.15. The molecular formula is C9H15N3OS. The Balaban J connectivity index is 1.95. The Morgan fingerprint density at radius 3 is 3.29 bits per heavy atom. The SMILES string of the molecule is CC1COCCN1Cc1cnc(N)s1. The zero-order valence-electron chi connectivity index (χ0n) is 8.27. The first-order valence-electron chi connectivity index (χ1n) is 4.77. The van der Waals surface area contributed by atoms with Gasteiger partial charge in [-0.3, -0.25) is 4.90 Å². The molecular weight excluding hydrogens is 198 g/mol. The molecule has 1 aromatic rings. The molecule has 14 heavy (non-hydrogen) atoms. The number of ether oxygens (including phenoxy) is 1. The van der Waals surface area contributed by atoms with Crippen molar-refractivity contribution in [2.45, 2.75) is 19.5 Å². The third-order valence-electron chi connectivity index (χ3n) is 2.44. The Morgan fingerprint density at radius 2 is 2.64 bits per heavy atom. The van der Waals surface area contributed by atoms with Gasteiger partial charge in [-0.2, -0.15) is 0 Å². The minimum atomic E-state index is 0.493. The molecule has 1 aliphatic heterocycles. The molecule has 5 heteroatoms. The molecule has 1 aliphatic rings. The molecule has 1 fully saturated rings. The van der Waals surface area contributed by atoms with Crippen molar-refractivity contribution >= 4 is 16.5 Å². The van der Waals surface area contributed by atoms with Crippen molar-refractivity contribution in [1.29, 1.82) is 0 Å². The van der Waals surface area contributed by atoms with E-state index >= 15 is 0 Å². The van der Waals surface area contributed by atoms with Crippen molar-refractivity contribution in [1.82, 2.24) is 9.88 Å². The summed E-state index contributed by atoms with van der Waals surface area (Å²) in [5, 5.41) is 0.654. The first kappa shape index (κ1) is 9.89. The van der Waals surface area contributed by atoms with Crippen LogP contribution in [0.3, 0.4) is 0 Å². The highest BCUT2D eigenvalue weighted by atomic mass is 32.1. The molecule has 0 spiro atoms. The lowest BCUT2D eigenvalue weighted by atomic mass is 10.2. The number of hydrogen-bond donors (Lipinski definition) is 1. The molecule has 1 atom stereocenters. The minimum absolute atomic E-state index is 0.493. The number of anilines is 1. The Morgan fingerprint density at radius 1 is 1.79 bits per heavy atom. The fraction of sp³-hybridized carbons (Fsp3) is 0.667. The van der Waals surface area contributed by atoms with Gasteiger partial charge >= 0.3 is 0 Å². The fourth-order valence-corrected chi connectivity index (χ4v) is 2.30.